The highest BCUT2D eigenvalue weighted by Gasteiger charge is 2.68. The van der Waals surface area contributed by atoms with Crippen LogP contribution in [-0.2, 0) is 14.2 Å². The molecule has 2 heterocycles. The predicted molar refractivity (Wildman–Crippen MR) is 126 cm³/mol. The molecule has 0 aromatic carbocycles. The zero-order chi connectivity index (χ0) is 27.8. The monoisotopic (exact) mass is 535 g/mol. The van der Waals surface area contributed by atoms with Gasteiger partial charge < -0.3 is 50.6 Å². The Morgan fingerprint density at radius 3 is 2.32 bits per heavy atom. The molecule has 2 aliphatic heterocycles. The van der Waals surface area contributed by atoms with Crippen LogP contribution in [0.1, 0.15) is 20.3 Å². The number of rotatable bonds is 7. The average Bonchev–Trinajstić information content (AvgIpc) is 2.79. The van der Waals surface area contributed by atoms with Crippen LogP contribution in [0, 0.1) is 12.3 Å². The Morgan fingerprint density at radius 1 is 1.11 bits per heavy atom. The number of aliphatic hydroxyl groups excluding tert-OH is 2. The molecule has 0 aromatic rings. The Balaban J connectivity index is 1.84. The first-order valence-electron chi connectivity index (χ1n) is 12.0. The van der Waals surface area contributed by atoms with Crippen LogP contribution in [0.3, 0.4) is 0 Å². The lowest BCUT2D eigenvalue weighted by atomic mass is 9.77. The van der Waals surface area contributed by atoms with Crippen LogP contribution in [0.15, 0.2) is 23.3 Å². The number of likely N-dealkylation sites (N-methyl/N-ethyl adjacent to an activating group) is 2. The van der Waals surface area contributed by atoms with E-state index in [1.807, 2.05) is 0 Å². The minimum atomic E-state index is -4.53. The molecule has 0 radical (unpaired) electrons. The largest absolute Gasteiger partial charge is 0.412 e. The van der Waals surface area contributed by atoms with E-state index in [0.29, 0.717) is 0 Å². The van der Waals surface area contributed by atoms with Crippen LogP contribution in [0.25, 0.3) is 0 Å². The van der Waals surface area contributed by atoms with Crippen LogP contribution in [0.5, 0.6) is 0 Å². The molecule has 3 unspecified atom stereocenters. The summed E-state index contributed by atoms with van der Waals surface area (Å²) in [6.45, 7) is 2.08. The van der Waals surface area contributed by atoms with E-state index >= 15 is 0 Å². The highest BCUT2D eigenvalue weighted by Crippen LogP contribution is 2.46. The van der Waals surface area contributed by atoms with Gasteiger partial charge in [-0.15, -0.1) is 6.42 Å². The summed E-state index contributed by atoms with van der Waals surface area (Å²) in [7, 11) is 3.14. The van der Waals surface area contributed by atoms with Crippen molar-refractivity contribution in [1.29, 1.82) is 0 Å². The number of fused-ring (bicyclic) bond motifs is 2. The highest BCUT2D eigenvalue weighted by molar-refractivity contribution is 5.32. The molecule has 1 aliphatic carbocycles. The van der Waals surface area contributed by atoms with Crippen molar-refractivity contribution in [2.24, 2.45) is 0 Å². The number of nitrogens with one attached hydrogen (secondary N) is 3. The van der Waals surface area contributed by atoms with E-state index in [4.69, 9.17) is 20.6 Å². The maximum atomic E-state index is 13.0. The molecule has 3 rings (SSSR count). The number of hydrogen-bond acceptors (Lipinski definition) is 10. The third kappa shape index (κ3) is 5.74. The third-order valence-electron chi connectivity index (χ3n) is 7.21. The Morgan fingerprint density at radius 2 is 1.76 bits per heavy atom. The summed E-state index contributed by atoms with van der Waals surface area (Å²) in [6, 6.07) is -1.57. The molecule has 2 saturated heterocycles. The molecule has 1 saturated carbocycles. The topological polar surface area (TPSA) is 145 Å². The molecule has 3 fully saturated rings. The van der Waals surface area contributed by atoms with Crippen molar-refractivity contribution in [3.05, 3.63) is 23.3 Å². The van der Waals surface area contributed by atoms with Gasteiger partial charge in [-0.3, -0.25) is 0 Å². The van der Waals surface area contributed by atoms with Gasteiger partial charge in [0.05, 0.1) is 24.3 Å². The van der Waals surface area contributed by atoms with Gasteiger partial charge in [0, 0.05) is 25.1 Å². The second kappa shape index (κ2) is 11.3. The second-order valence-corrected chi connectivity index (χ2v) is 9.82. The van der Waals surface area contributed by atoms with Crippen LogP contribution in [0.4, 0.5) is 13.2 Å². The highest BCUT2D eigenvalue weighted by atomic mass is 19.4. The van der Waals surface area contributed by atoms with E-state index in [2.05, 4.69) is 21.9 Å². The molecule has 37 heavy (non-hydrogen) atoms. The summed E-state index contributed by atoms with van der Waals surface area (Å²) >= 11 is 0. The number of hydrogen-bond donors (Lipinski definition) is 7. The molecule has 0 bridgehead atoms. The zero-order valence-electron chi connectivity index (χ0n) is 21.1. The van der Waals surface area contributed by atoms with E-state index in [1.54, 1.807) is 21.0 Å². The summed E-state index contributed by atoms with van der Waals surface area (Å²) in [5.41, 5.74) is -2.74. The summed E-state index contributed by atoms with van der Waals surface area (Å²) in [6.07, 6.45) is -3.92. The van der Waals surface area contributed by atoms with Crippen molar-refractivity contribution >= 4 is 0 Å². The van der Waals surface area contributed by atoms with Crippen molar-refractivity contribution in [3.8, 4) is 12.3 Å². The molecular weight excluding hydrogens is 499 g/mol. The maximum absolute atomic E-state index is 13.0. The van der Waals surface area contributed by atoms with Crippen LogP contribution in [-0.4, -0.2) is 114 Å². The van der Waals surface area contributed by atoms with Crippen molar-refractivity contribution < 1.29 is 47.8 Å². The predicted octanol–water partition coefficient (Wildman–Crippen LogP) is -1.11. The minimum absolute atomic E-state index is 0.117. The van der Waals surface area contributed by atoms with E-state index in [-0.39, 0.29) is 25.1 Å². The first kappa shape index (κ1) is 30.0. The number of alkyl halides is 3. The van der Waals surface area contributed by atoms with E-state index < -0.39 is 72.0 Å². The molecule has 3 aliphatic rings. The van der Waals surface area contributed by atoms with Gasteiger partial charge in [0.15, 0.2) is 0 Å². The Bertz CT molecular complexity index is 926. The summed E-state index contributed by atoms with van der Waals surface area (Å²) in [4.78, 5) is 0. The van der Waals surface area contributed by atoms with Crippen LogP contribution < -0.4 is 16.0 Å². The molecule has 13 heteroatoms. The molecule has 0 spiro atoms. The lowest BCUT2D eigenvalue weighted by molar-refractivity contribution is -0.482. The van der Waals surface area contributed by atoms with Gasteiger partial charge in [-0.05, 0) is 45.7 Å². The van der Waals surface area contributed by atoms with Crippen LogP contribution >= 0.6 is 0 Å². The van der Waals surface area contributed by atoms with Crippen molar-refractivity contribution in [2.45, 2.75) is 86.7 Å². The Kier molecular flexibility index (Phi) is 9.13. The second-order valence-electron chi connectivity index (χ2n) is 9.82. The lowest BCUT2D eigenvalue weighted by Crippen LogP contribution is -2.81. The number of allylic oxidation sites excluding steroid dienone is 2. The van der Waals surface area contributed by atoms with E-state index in [1.165, 1.54) is 6.08 Å². The van der Waals surface area contributed by atoms with Gasteiger partial charge in [-0.1, -0.05) is 5.92 Å². The fourth-order valence-corrected chi connectivity index (χ4v) is 5.25. The normalized spacial score (nSPS) is 43.1. The number of aliphatic hydroxyl groups is 4. The SMILES string of the molecule is C#C/C=C(\C=C(/C)C(F)(F)F)CNC[C@]1(O)C[C@@H](C)OC2OC3C(O[C@]21O)[C@@H](NC)[C@@H](O)[C@@H](NC)[C@@H]3O. The van der Waals surface area contributed by atoms with Crippen molar-refractivity contribution in [2.75, 3.05) is 27.2 Å². The fourth-order valence-electron chi connectivity index (χ4n) is 5.25. The minimum Gasteiger partial charge on any atom is -0.390 e. The summed E-state index contributed by atoms with van der Waals surface area (Å²) in [5, 5.41) is 53.4. The summed E-state index contributed by atoms with van der Waals surface area (Å²) < 4.78 is 56.6. The average molecular weight is 536 g/mol. The molecule has 10 atom stereocenters. The van der Waals surface area contributed by atoms with Gasteiger partial charge in [0.25, 0.3) is 0 Å². The molecule has 7 N–H and O–H groups in total. The van der Waals surface area contributed by atoms with Gasteiger partial charge >= 0.3 is 6.18 Å². The fraction of sp³-hybridized carbons (Fsp3) is 0.750. The Hall–Kier alpha value is -1.57. The van der Waals surface area contributed by atoms with Gasteiger partial charge in [-0.2, -0.15) is 13.2 Å². The number of terminal acetylenes is 1. The van der Waals surface area contributed by atoms with Crippen molar-refractivity contribution in [1.82, 2.24) is 16.0 Å². The van der Waals surface area contributed by atoms with E-state index in [0.717, 1.165) is 13.0 Å². The third-order valence-corrected chi connectivity index (χ3v) is 7.21. The number of halogens is 3. The van der Waals surface area contributed by atoms with Gasteiger partial charge in [-0.25, -0.2) is 0 Å². The molecule has 210 valence electrons. The summed E-state index contributed by atoms with van der Waals surface area (Å²) in [5.74, 6) is -0.251. The smallest absolute Gasteiger partial charge is 0.390 e. The van der Waals surface area contributed by atoms with Crippen LogP contribution in [0.2, 0.25) is 0 Å². The lowest BCUT2D eigenvalue weighted by Gasteiger charge is -2.60. The van der Waals surface area contributed by atoms with E-state index in [9.17, 15) is 33.6 Å². The van der Waals surface area contributed by atoms with Gasteiger partial charge in [0.2, 0.25) is 12.1 Å². The quantitative estimate of drug-likeness (QED) is 0.158. The molecular formula is C24H36F3N3O7. The van der Waals surface area contributed by atoms with Crippen molar-refractivity contribution in [3.63, 3.8) is 0 Å². The first-order chi connectivity index (χ1) is 17.2. The Labute approximate surface area is 213 Å². The maximum Gasteiger partial charge on any atom is 0.412 e. The zero-order valence-corrected chi connectivity index (χ0v) is 21.1. The number of ether oxygens (including phenoxy) is 3. The first-order valence-corrected chi connectivity index (χ1v) is 12.0. The molecule has 0 aromatic heterocycles. The molecule has 10 nitrogen and oxygen atoms in total. The standard InChI is InChI=1S/C24H36F3N3O7/c1-6-7-14(8-12(2)24(25,26)27)10-30-11-22(33)9-13(3)35-21-23(22,34)37-19-16(29-5)17(31)15(28-4)18(32)20(19)36-21/h1,7-8,13,15-21,28-34H,9-11H2,2-5H3/b12-8+,14-7+/t13-,15-,16+,17+,18+,19?,20?,21?,22-,23-/m1/s1. The van der Waals surface area contributed by atoms with Gasteiger partial charge in [0.1, 0.15) is 23.9 Å². The molecule has 0 amide bonds.